The highest BCUT2D eigenvalue weighted by Gasteiger charge is 2.24. The van der Waals surface area contributed by atoms with E-state index in [4.69, 9.17) is 16.3 Å². The van der Waals surface area contributed by atoms with E-state index in [1.807, 2.05) is 6.92 Å². The van der Waals surface area contributed by atoms with Gasteiger partial charge in [0.1, 0.15) is 6.10 Å². The third-order valence-electron chi connectivity index (χ3n) is 1.66. The van der Waals surface area contributed by atoms with Gasteiger partial charge in [0.05, 0.1) is 0 Å². The smallest absolute Gasteiger partial charge is 0.404 e. The highest BCUT2D eigenvalue weighted by molar-refractivity contribution is 6.61. The highest BCUT2D eigenvalue weighted by Crippen LogP contribution is 2.34. The lowest BCUT2D eigenvalue weighted by Crippen LogP contribution is -2.10. The summed E-state index contributed by atoms with van der Waals surface area (Å²) in [5, 5.41) is 0. The molecular formula is C7H11ClO2. The highest BCUT2D eigenvalue weighted by atomic mass is 35.5. The minimum absolute atomic E-state index is 0.00231. The van der Waals surface area contributed by atoms with Crippen LogP contribution in [0.3, 0.4) is 0 Å². The van der Waals surface area contributed by atoms with Crippen LogP contribution in [0.5, 0.6) is 0 Å². The van der Waals surface area contributed by atoms with Crippen molar-refractivity contribution in [3.8, 4) is 0 Å². The van der Waals surface area contributed by atoms with Crippen LogP contribution >= 0.6 is 11.6 Å². The van der Waals surface area contributed by atoms with E-state index in [0.717, 1.165) is 12.3 Å². The van der Waals surface area contributed by atoms with Gasteiger partial charge in [-0.3, -0.25) is 0 Å². The molecule has 0 aliphatic heterocycles. The predicted octanol–water partition coefficient (Wildman–Crippen LogP) is 2.55. The molecule has 0 aromatic carbocycles. The zero-order valence-corrected chi connectivity index (χ0v) is 6.73. The first-order valence-electron chi connectivity index (χ1n) is 3.54. The normalized spacial score (nSPS) is 20.2. The van der Waals surface area contributed by atoms with Gasteiger partial charge >= 0.3 is 5.43 Å². The monoisotopic (exact) mass is 162 g/mol. The van der Waals surface area contributed by atoms with Crippen LogP contribution in [0.4, 0.5) is 4.79 Å². The molecular weight excluding hydrogens is 152 g/mol. The number of rotatable bonds is 3. The first-order valence-corrected chi connectivity index (χ1v) is 3.92. The fourth-order valence-electron chi connectivity index (χ4n) is 1.03. The van der Waals surface area contributed by atoms with Gasteiger partial charge in [-0.1, -0.05) is 12.8 Å². The molecule has 0 spiro atoms. The minimum atomic E-state index is -0.687. The summed E-state index contributed by atoms with van der Waals surface area (Å²) >= 11 is 5.02. The van der Waals surface area contributed by atoms with E-state index in [1.165, 1.54) is 12.8 Å². The molecule has 1 fully saturated rings. The van der Waals surface area contributed by atoms with E-state index in [2.05, 4.69) is 0 Å². The second kappa shape index (κ2) is 3.24. The van der Waals surface area contributed by atoms with Crippen LogP contribution in [0.1, 0.15) is 26.2 Å². The summed E-state index contributed by atoms with van der Waals surface area (Å²) in [5.41, 5.74) is -0.687. The topological polar surface area (TPSA) is 26.3 Å². The first-order chi connectivity index (χ1) is 4.68. The van der Waals surface area contributed by atoms with Crippen molar-refractivity contribution in [2.75, 3.05) is 0 Å². The second-order valence-electron chi connectivity index (χ2n) is 2.85. The van der Waals surface area contributed by atoms with Crippen LogP contribution in [0.25, 0.3) is 0 Å². The lowest BCUT2D eigenvalue weighted by atomic mass is 10.2. The maximum absolute atomic E-state index is 10.2. The molecule has 1 aliphatic carbocycles. The maximum Gasteiger partial charge on any atom is 0.404 e. The minimum Gasteiger partial charge on any atom is -0.451 e. The molecule has 58 valence electrons. The van der Waals surface area contributed by atoms with E-state index < -0.39 is 5.43 Å². The number of hydrogen-bond donors (Lipinski definition) is 0. The van der Waals surface area contributed by atoms with Gasteiger partial charge < -0.3 is 4.74 Å². The van der Waals surface area contributed by atoms with Gasteiger partial charge in [-0.25, -0.2) is 4.79 Å². The fraction of sp³-hybridized carbons (Fsp3) is 0.857. The van der Waals surface area contributed by atoms with Crippen molar-refractivity contribution >= 4 is 17.0 Å². The number of halogens is 1. The number of ether oxygens (including phenoxy) is 1. The number of carbonyl (C=O) groups excluding carboxylic acids is 1. The quantitative estimate of drug-likeness (QED) is 0.597. The van der Waals surface area contributed by atoms with Crippen LogP contribution < -0.4 is 0 Å². The molecule has 0 radical (unpaired) electrons. The van der Waals surface area contributed by atoms with E-state index in [1.54, 1.807) is 0 Å². The van der Waals surface area contributed by atoms with Crippen molar-refractivity contribution in [3.63, 3.8) is 0 Å². The van der Waals surface area contributed by atoms with Gasteiger partial charge in [-0.2, -0.15) is 0 Å². The Morgan fingerprint density at radius 1 is 1.80 bits per heavy atom. The molecule has 3 heteroatoms. The van der Waals surface area contributed by atoms with Gasteiger partial charge in [-0.05, 0) is 19.3 Å². The molecule has 1 aliphatic rings. The standard InChI is InChI=1S/C7H11ClO2/c1-5(10-7(8)9)4-6-2-3-6/h5-6H,2-4H2,1H3. The zero-order valence-electron chi connectivity index (χ0n) is 5.97. The summed E-state index contributed by atoms with van der Waals surface area (Å²) in [4.78, 5) is 10.2. The van der Waals surface area contributed by atoms with E-state index in [-0.39, 0.29) is 6.10 Å². The summed E-state index contributed by atoms with van der Waals surface area (Å²) in [6, 6.07) is 0. The molecule has 0 N–H and O–H groups in total. The molecule has 1 rings (SSSR count). The molecule has 0 saturated heterocycles. The van der Waals surface area contributed by atoms with Crippen molar-refractivity contribution in [2.45, 2.75) is 32.3 Å². The van der Waals surface area contributed by atoms with Crippen LogP contribution in [0.15, 0.2) is 0 Å². The van der Waals surface area contributed by atoms with Gasteiger partial charge in [-0.15, -0.1) is 0 Å². The van der Waals surface area contributed by atoms with Gasteiger partial charge in [0.15, 0.2) is 0 Å². The lowest BCUT2D eigenvalue weighted by molar-refractivity contribution is 0.123. The first kappa shape index (κ1) is 7.86. The Labute approximate surface area is 65.5 Å². The van der Waals surface area contributed by atoms with E-state index in [9.17, 15) is 4.79 Å². The molecule has 0 aromatic rings. The van der Waals surface area contributed by atoms with Crippen molar-refractivity contribution in [3.05, 3.63) is 0 Å². The molecule has 0 heterocycles. The van der Waals surface area contributed by atoms with Crippen LogP contribution in [0, 0.1) is 5.92 Å². The largest absolute Gasteiger partial charge is 0.451 e. The van der Waals surface area contributed by atoms with Crippen molar-refractivity contribution < 1.29 is 9.53 Å². The Kier molecular flexibility index (Phi) is 2.55. The van der Waals surface area contributed by atoms with E-state index in [0.29, 0.717) is 0 Å². The van der Waals surface area contributed by atoms with Crippen molar-refractivity contribution in [1.82, 2.24) is 0 Å². The number of hydrogen-bond acceptors (Lipinski definition) is 2. The second-order valence-corrected chi connectivity index (χ2v) is 3.15. The third kappa shape index (κ3) is 3.06. The average Bonchev–Trinajstić information content (AvgIpc) is 2.46. The summed E-state index contributed by atoms with van der Waals surface area (Å²) in [6.07, 6.45) is 3.53. The molecule has 1 saturated carbocycles. The fourth-order valence-corrected chi connectivity index (χ4v) is 1.18. The maximum atomic E-state index is 10.2. The summed E-state index contributed by atoms with van der Waals surface area (Å²) in [5.74, 6) is 0.783. The van der Waals surface area contributed by atoms with Gasteiger partial charge in [0, 0.05) is 11.6 Å². The SMILES string of the molecule is CC(CC1CC1)OC(=O)Cl. The Balaban J connectivity index is 2.07. The Morgan fingerprint density at radius 3 is 2.80 bits per heavy atom. The summed E-state index contributed by atoms with van der Waals surface area (Å²) in [7, 11) is 0. The summed E-state index contributed by atoms with van der Waals surface area (Å²) < 4.78 is 4.73. The van der Waals surface area contributed by atoms with Crippen LogP contribution in [-0.4, -0.2) is 11.5 Å². The number of carbonyl (C=O) groups is 1. The van der Waals surface area contributed by atoms with Crippen molar-refractivity contribution in [2.24, 2.45) is 5.92 Å². The molecule has 10 heavy (non-hydrogen) atoms. The van der Waals surface area contributed by atoms with Crippen LogP contribution in [-0.2, 0) is 4.74 Å². The Hall–Kier alpha value is -0.240. The Bertz CT molecular complexity index is 132. The predicted molar refractivity (Wildman–Crippen MR) is 39.1 cm³/mol. The summed E-state index contributed by atoms with van der Waals surface area (Å²) in [6.45, 7) is 1.87. The van der Waals surface area contributed by atoms with Crippen molar-refractivity contribution in [1.29, 1.82) is 0 Å². The van der Waals surface area contributed by atoms with Gasteiger partial charge in [0.25, 0.3) is 0 Å². The molecule has 2 nitrogen and oxygen atoms in total. The Morgan fingerprint density at radius 2 is 2.40 bits per heavy atom. The lowest BCUT2D eigenvalue weighted by Gasteiger charge is -2.08. The molecule has 1 atom stereocenters. The van der Waals surface area contributed by atoms with E-state index >= 15 is 0 Å². The van der Waals surface area contributed by atoms with Gasteiger partial charge in [0.2, 0.25) is 0 Å². The average molecular weight is 163 g/mol. The van der Waals surface area contributed by atoms with Crippen LogP contribution in [0.2, 0.25) is 0 Å². The zero-order chi connectivity index (χ0) is 7.56. The molecule has 0 aromatic heterocycles. The molecule has 1 unspecified atom stereocenters. The third-order valence-corrected chi connectivity index (χ3v) is 1.75. The molecule has 0 bridgehead atoms. The molecule has 0 amide bonds.